The maximum absolute atomic E-state index is 12.3. The fourth-order valence-electron chi connectivity index (χ4n) is 2.17. The van der Waals surface area contributed by atoms with Gasteiger partial charge in [-0.25, -0.2) is 4.79 Å². The third kappa shape index (κ3) is 3.63. The molecule has 24 heavy (non-hydrogen) atoms. The van der Waals surface area contributed by atoms with Crippen LogP contribution < -0.4 is 15.7 Å². The topological polar surface area (TPSA) is 87.0 Å². The van der Waals surface area contributed by atoms with E-state index < -0.39 is 6.10 Å². The summed E-state index contributed by atoms with van der Waals surface area (Å²) in [6.07, 6.45) is -0.719. The smallest absolute Gasteiger partial charge is 0.323 e. The molecule has 124 valence electrons. The zero-order chi connectivity index (χ0) is 17.3. The first kappa shape index (κ1) is 16.6. The van der Waals surface area contributed by atoms with Crippen LogP contribution in [0.2, 0.25) is 5.02 Å². The first-order valence-electron chi connectivity index (χ1n) is 7.07. The second kappa shape index (κ2) is 6.70. The van der Waals surface area contributed by atoms with Crippen molar-refractivity contribution in [2.45, 2.75) is 13.0 Å². The number of aromatic nitrogens is 2. The van der Waals surface area contributed by atoms with Crippen LogP contribution in [0.15, 0.2) is 45.7 Å². The molecule has 0 saturated carbocycles. The van der Waals surface area contributed by atoms with Gasteiger partial charge in [-0.3, -0.25) is 4.79 Å². The molecule has 8 heteroatoms. The van der Waals surface area contributed by atoms with Crippen LogP contribution in [0.1, 0.15) is 6.92 Å². The molecule has 0 spiro atoms. The van der Waals surface area contributed by atoms with Crippen LogP contribution in [0.5, 0.6) is 5.75 Å². The number of halogens is 2. The number of amides is 1. The Bertz CT molecular complexity index is 967. The molecule has 0 radical (unpaired) electrons. The van der Waals surface area contributed by atoms with E-state index in [9.17, 15) is 9.59 Å². The van der Waals surface area contributed by atoms with Crippen LogP contribution in [-0.2, 0) is 4.79 Å². The zero-order valence-electron chi connectivity index (χ0n) is 12.5. The predicted molar refractivity (Wildman–Crippen MR) is 96.8 cm³/mol. The number of anilines is 1. The summed E-state index contributed by atoms with van der Waals surface area (Å²) in [6, 6.07) is 10.2. The van der Waals surface area contributed by atoms with Gasteiger partial charge in [0.15, 0.2) is 6.10 Å². The summed E-state index contributed by atoms with van der Waals surface area (Å²) in [5, 5.41) is 3.32. The van der Waals surface area contributed by atoms with Crippen molar-refractivity contribution in [3.8, 4) is 5.75 Å². The van der Waals surface area contributed by atoms with Gasteiger partial charge in [0.2, 0.25) is 0 Å². The molecule has 6 nitrogen and oxygen atoms in total. The predicted octanol–water partition coefficient (Wildman–Crippen LogP) is 3.68. The van der Waals surface area contributed by atoms with Crippen molar-refractivity contribution in [3.63, 3.8) is 0 Å². The number of carbonyl (C=O) groups is 1. The number of benzene rings is 2. The summed E-state index contributed by atoms with van der Waals surface area (Å²) < 4.78 is 6.31. The molecule has 2 aromatic carbocycles. The first-order chi connectivity index (χ1) is 11.4. The third-order valence-electron chi connectivity index (χ3n) is 3.35. The lowest BCUT2D eigenvalue weighted by Gasteiger charge is -2.16. The maximum atomic E-state index is 12.3. The van der Waals surface area contributed by atoms with Gasteiger partial charge in [0.1, 0.15) is 5.75 Å². The minimum atomic E-state index is -0.719. The standard InChI is InChI=1S/C16H13BrClN3O3/c1-8(24-14-5-2-9(18)6-11(14)17)15(22)19-10-3-4-12-13(7-10)21-16(23)20-12/h2-8H,1H3,(H,19,22)(H2,20,21,23)/t8-/m1/s1. The van der Waals surface area contributed by atoms with E-state index in [2.05, 4.69) is 31.2 Å². The number of carbonyl (C=O) groups excluding carboxylic acids is 1. The molecule has 1 aromatic heterocycles. The average Bonchev–Trinajstić information content (AvgIpc) is 2.89. The molecule has 0 aliphatic carbocycles. The van der Waals surface area contributed by atoms with E-state index in [4.69, 9.17) is 16.3 Å². The summed E-state index contributed by atoms with van der Waals surface area (Å²) in [4.78, 5) is 28.8. The molecule has 1 amide bonds. The Morgan fingerprint density at radius 2 is 1.96 bits per heavy atom. The SMILES string of the molecule is C[C@@H](Oc1ccc(Cl)cc1Br)C(=O)Nc1ccc2[nH]c(=O)[nH]c2c1. The lowest BCUT2D eigenvalue weighted by Crippen LogP contribution is -2.30. The molecule has 0 aliphatic rings. The number of H-pyrrole nitrogens is 2. The number of rotatable bonds is 4. The van der Waals surface area contributed by atoms with Crippen molar-refractivity contribution < 1.29 is 9.53 Å². The average molecular weight is 411 g/mol. The minimum Gasteiger partial charge on any atom is -0.480 e. The van der Waals surface area contributed by atoms with Gasteiger partial charge in [-0.1, -0.05) is 11.6 Å². The molecule has 0 bridgehead atoms. The van der Waals surface area contributed by atoms with Gasteiger partial charge in [0.25, 0.3) is 5.91 Å². The van der Waals surface area contributed by atoms with Crippen molar-refractivity contribution in [1.82, 2.24) is 9.97 Å². The van der Waals surface area contributed by atoms with E-state index >= 15 is 0 Å². The number of aromatic amines is 2. The van der Waals surface area contributed by atoms with Crippen molar-refractivity contribution in [3.05, 3.63) is 56.4 Å². The fourth-order valence-corrected chi connectivity index (χ4v) is 2.95. The largest absolute Gasteiger partial charge is 0.480 e. The summed E-state index contributed by atoms with van der Waals surface area (Å²) in [5.41, 5.74) is 1.56. The highest BCUT2D eigenvalue weighted by atomic mass is 79.9. The molecule has 1 atom stereocenters. The van der Waals surface area contributed by atoms with Gasteiger partial charge in [0, 0.05) is 10.7 Å². The lowest BCUT2D eigenvalue weighted by molar-refractivity contribution is -0.122. The van der Waals surface area contributed by atoms with Crippen molar-refractivity contribution >= 4 is 50.2 Å². The van der Waals surface area contributed by atoms with Gasteiger partial charge < -0.3 is 20.0 Å². The number of hydrogen-bond donors (Lipinski definition) is 3. The number of fused-ring (bicyclic) bond motifs is 1. The Morgan fingerprint density at radius 3 is 2.71 bits per heavy atom. The van der Waals surface area contributed by atoms with E-state index in [0.29, 0.717) is 32.0 Å². The lowest BCUT2D eigenvalue weighted by atomic mass is 10.2. The Hall–Kier alpha value is -2.25. The van der Waals surface area contributed by atoms with Crippen molar-refractivity contribution in [1.29, 1.82) is 0 Å². The molecule has 3 aromatic rings. The number of ether oxygens (including phenoxy) is 1. The summed E-state index contributed by atoms with van der Waals surface area (Å²) in [7, 11) is 0. The van der Waals surface area contributed by atoms with Crippen LogP contribution >= 0.6 is 27.5 Å². The summed E-state index contributed by atoms with van der Waals surface area (Å²) in [5.74, 6) is 0.210. The van der Waals surface area contributed by atoms with Gasteiger partial charge in [0.05, 0.1) is 15.5 Å². The number of nitrogens with one attached hydrogen (secondary N) is 3. The van der Waals surface area contributed by atoms with Crippen LogP contribution in [0, 0.1) is 0 Å². The highest BCUT2D eigenvalue weighted by Gasteiger charge is 2.16. The highest BCUT2D eigenvalue weighted by molar-refractivity contribution is 9.10. The van der Waals surface area contributed by atoms with Gasteiger partial charge >= 0.3 is 5.69 Å². The molecule has 0 saturated heterocycles. The molecule has 0 unspecified atom stereocenters. The Labute approximate surface area is 150 Å². The second-order valence-electron chi connectivity index (χ2n) is 5.16. The molecule has 3 rings (SSSR count). The number of hydrogen-bond acceptors (Lipinski definition) is 3. The fraction of sp³-hybridized carbons (Fsp3) is 0.125. The van der Waals surface area contributed by atoms with E-state index in [0.717, 1.165) is 0 Å². The van der Waals surface area contributed by atoms with Crippen molar-refractivity contribution in [2.75, 3.05) is 5.32 Å². The molecule has 0 aliphatic heterocycles. The summed E-state index contributed by atoms with van der Waals surface area (Å²) in [6.45, 7) is 1.65. The Morgan fingerprint density at radius 1 is 1.21 bits per heavy atom. The van der Waals surface area contributed by atoms with Gasteiger partial charge in [-0.2, -0.15) is 0 Å². The molecular weight excluding hydrogens is 398 g/mol. The first-order valence-corrected chi connectivity index (χ1v) is 8.24. The van der Waals surface area contributed by atoms with Crippen molar-refractivity contribution in [2.24, 2.45) is 0 Å². The van der Waals surface area contributed by atoms with E-state index in [1.165, 1.54) is 0 Å². The second-order valence-corrected chi connectivity index (χ2v) is 6.45. The third-order valence-corrected chi connectivity index (χ3v) is 4.21. The van der Waals surface area contributed by atoms with E-state index in [-0.39, 0.29) is 11.6 Å². The molecule has 0 fully saturated rings. The Balaban J connectivity index is 1.71. The zero-order valence-corrected chi connectivity index (χ0v) is 14.9. The van der Waals surface area contributed by atoms with Gasteiger partial charge in [-0.15, -0.1) is 0 Å². The maximum Gasteiger partial charge on any atom is 0.323 e. The highest BCUT2D eigenvalue weighted by Crippen LogP contribution is 2.29. The van der Waals surface area contributed by atoms with Crippen LogP contribution in [0.25, 0.3) is 11.0 Å². The molecular formula is C16H13BrClN3O3. The summed E-state index contributed by atoms with van der Waals surface area (Å²) >= 11 is 9.22. The monoisotopic (exact) mass is 409 g/mol. The van der Waals surface area contributed by atoms with Gasteiger partial charge in [-0.05, 0) is 59.3 Å². The molecule has 1 heterocycles. The van der Waals surface area contributed by atoms with Crippen LogP contribution in [-0.4, -0.2) is 22.0 Å². The Kier molecular flexibility index (Phi) is 4.64. The van der Waals surface area contributed by atoms with E-state index in [1.54, 1.807) is 43.3 Å². The van der Waals surface area contributed by atoms with Crippen LogP contribution in [0.3, 0.4) is 0 Å². The quantitative estimate of drug-likeness (QED) is 0.613. The number of imidazole rings is 1. The normalized spacial score (nSPS) is 12.1. The minimum absolute atomic E-state index is 0.294. The van der Waals surface area contributed by atoms with E-state index in [1.807, 2.05) is 0 Å². The van der Waals surface area contributed by atoms with Crippen LogP contribution in [0.4, 0.5) is 5.69 Å². The molecule has 3 N–H and O–H groups in total.